The van der Waals surface area contributed by atoms with Crippen molar-refractivity contribution in [3.05, 3.63) is 36.5 Å². The second-order valence-electron chi connectivity index (χ2n) is 18.7. The lowest BCUT2D eigenvalue weighted by atomic mass is 10.0. The summed E-state index contributed by atoms with van der Waals surface area (Å²) in [7, 11) is 1.47. The Morgan fingerprint density at radius 1 is 0.565 bits per heavy atom. The Balaban J connectivity index is 5.52. The van der Waals surface area contributed by atoms with Crippen LogP contribution in [0, 0.1) is 0 Å². The third-order valence-corrected chi connectivity index (χ3v) is 12.3. The predicted molar refractivity (Wildman–Crippen MR) is 263 cm³/mol. The van der Waals surface area contributed by atoms with Crippen LogP contribution in [-0.2, 0) is 27.9 Å². The van der Waals surface area contributed by atoms with Gasteiger partial charge in [-0.2, -0.15) is 0 Å². The zero-order valence-corrected chi connectivity index (χ0v) is 42.3. The van der Waals surface area contributed by atoms with Crippen LogP contribution in [0.4, 0.5) is 0 Å². The number of carbonyl (C=O) groups is 2. The Morgan fingerprint density at radius 3 is 1.48 bits per heavy atom. The quantitative estimate of drug-likeness (QED) is 0.0206. The number of likely N-dealkylation sites (N-methyl/N-ethyl adjacent to an activating group) is 1. The van der Waals surface area contributed by atoms with Gasteiger partial charge in [-0.15, -0.1) is 0 Å². The highest BCUT2D eigenvalue weighted by Crippen LogP contribution is 2.43. The van der Waals surface area contributed by atoms with E-state index in [1.165, 1.54) is 141 Å². The van der Waals surface area contributed by atoms with Gasteiger partial charge in [-0.3, -0.25) is 18.6 Å². The number of quaternary nitrogens is 1. The average molecular weight is 896 g/mol. The van der Waals surface area contributed by atoms with E-state index in [1.807, 2.05) is 39.4 Å². The van der Waals surface area contributed by atoms with Crippen LogP contribution in [0.1, 0.15) is 233 Å². The molecule has 0 radical (unpaired) electrons. The maximum atomic E-state index is 13.4. The summed E-state index contributed by atoms with van der Waals surface area (Å²) in [6.45, 7) is 6.94. The van der Waals surface area contributed by atoms with Crippen molar-refractivity contribution in [1.82, 2.24) is 5.32 Å². The minimum absolute atomic E-state index is 0.0327. The number of carbonyl (C=O) groups excluding carboxylic acids is 2. The molecule has 1 amide bonds. The van der Waals surface area contributed by atoms with Gasteiger partial charge in [0, 0.05) is 12.8 Å². The van der Waals surface area contributed by atoms with E-state index >= 15 is 0 Å². The van der Waals surface area contributed by atoms with Crippen LogP contribution in [0.5, 0.6) is 0 Å². The molecule has 0 bridgehead atoms. The number of rotatable bonds is 46. The fraction of sp³-hybridized carbons (Fsp3) is 0.846. The third-order valence-electron chi connectivity index (χ3n) is 11.3. The zero-order chi connectivity index (χ0) is 45.8. The van der Waals surface area contributed by atoms with Gasteiger partial charge in [0.25, 0.3) is 0 Å². The Morgan fingerprint density at radius 2 is 1.00 bits per heavy atom. The van der Waals surface area contributed by atoms with Crippen LogP contribution in [0.25, 0.3) is 0 Å². The molecule has 10 heteroatoms. The summed E-state index contributed by atoms with van der Waals surface area (Å²) in [4.78, 5) is 37.3. The van der Waals surface area contributed by atoms with Crippen LogP contribution in [0.2, 0.25) is 0 Å². The maximum Gasteiger partial charge on any atom is 0.472 e. The molecule has 0 heterocycles. The fourth-order valence-corrected chi connectivity index (χ4v) is 8.02. The number of phosphoric ester groups is 1. The van der Waals surface area contributed by atoms with E-state index in [9.17, 15) is 19.0 Å². The molecular formula is C52H100N2O7P+. The van der Waals surface area contributed by atoms with Gasteiger partial charge in [-0.05, 0) is 51.0 Å². The Bertz CT molecular complexity index is 1170. The lowest BCUT2D eigenvalue weighted by Crippen LogP contribution is -2.47. The van der Waals surface area contributed by atoms with Crippen LogP contribution < -0.4 is 5.32 Å². The van der Waals surface area contributed by atoms with Crippen molar-refractivity contribution in [2.24, 2.45) is 0 Å². The number of hydrogen-bond donors (Lipinski definition) is 2. The smallest absolute Gasteiger partial charge is 0.456 e. The summed E-state index contributed by atoms with van der Waals surface area (Å²) in [6.07, 6.45) is 48.7. The summed E-state index contributed by atoms with van der Waals surface area (Å²) >= 11 is 0. The number of esters is 1. The number of phosphoric acid groups is 1. The first-order valence-electron chi connectivity index (χ1n) is 25.8. The Kier molecular flexibility index (Phi) is 41.9. The monoisotopic (exact) mass is 896 g/mol. The van der Waals surface area contributed by atoms with Crippen LogP contribution >= 0.6 is 7.82 Å². The molecule has 0 aromatic heterocycles. The summed E-state index contributed by atoms with van der Waals surface area (Å²) in [5, 5.41) is 2.99. The molecule has 62 heavy (non-hydrogen) atoms. The molecule has 2 N–H and O–H groups in total. The third kappa shape index (κ3) is 43.5. The molecule has 9 nitrogen and oxygen atoms in total. The molecule has 3 atom stereocenters. The lowest BCUT2D eigenvalue weighted by Gasteiger charge is -2.27. The van der Waals surface area contributed by atoms with Gasteiger partial charge in [0.15, 0.2) is 0 Å². The van der Waals surface area contributed by atoms with E-state index in [-0.39, 0.29) is 37.9 Å². The highest BCUT2D eigenvalue weighted by Gasteiger charge is 2.30. The Hall–Kier alpha value is -1.77. The van der Waals surface area contributed by atoms with Gasteiger partial charge < -0.3 is 19.4 Å². The first kappa shape index (κ1) is 60.2. The Labute approximate surface area is 383 Å². The minimum Gasteiger partial charge on any atom is -0.456 e. The molecule has 0 aromatic rings. The van der Waals surface area contributed by atoms with Gasteiger partial charge in [-0.25, -0.2) is 4.57 Å². The predicted octanol–water partition coefficient (Wildman–Crippen LogP) is 14.8. The lowest BCUT2D eigenvalue weighted by molar-refractivity contribution is -0.870. The molecular weight excluding hydrogens is 796 g/mol. The second kappa shape index (κ2) is 43.1. The number of unbranched alkanes of at least 4 members (excludes halogenated alkanes) is 26. The van der Waals surface area contributed by atoms with Gasteiger partial charge >= 0.3 is 13.8 Å². The highest BCUT2D eigenvalue weighted by molar-refractivity contribution is 7.47. The highest BCUT2D eigenvalue weighted by atomic mass is 31.2. The average Bonchev–Trinajstić information content (AvgIpc) is 3.22. The number of nitrogens with one attached hydrogen (secondary N) is 1. The van der Waals surface area contributed by atoms with E-state index in [0.29, 0.717) is 17.4 Å². The van der Waals surface area contributed by atoms with E-state index in [1.54, 1.807) is 0 Å². The molecule has 364 valence electrons. The first-order valence-corrected chi connectivity index (χ1v) is 27.3. The minimum atomic E-state index is -4.44. The van der Waals surface area contributed by atoms with E-state index < -0.39 is 20.0 Å². The fourth-order valence-electron chi connectivity index (χ4n) is 7.28. The van der Waals surface area contributed by atoms with Crippen molar-refractivity contribution < 1.29 is 37.3 Å². The molecule has 0 saturated heterocycles. The van der Waals surface area contributed by atoms with Gasteiger partial charge in [0.1, 0.15) is 19.3 Å². The molecule has 0 rings (SSSR count). The molecule has 0 fully saturated rings. The molecule has 0 aliphatic rings. The number of amides is 1. The standard InChI is InChI=1S/C52H99N2O7P/c1-7-10-13-16-19-22-25-27-30-32-35-38-41-44-51(55)53-49(48-60-62(57,58)59-47-46-54(4,5)6)50(43-40-37-34-31-29-26-23-20-17-14-11-8-2)61-52(56)45-42-39-36-33-28-24-21-18-15-12-9-3/h27,30,35,38,40,43,49-50H,7-26,28-29,31-34,36-37,39,41-42,44-48H2,1-6H3,(H-,53,55,57,58)/p+1/b30-27-,38-35+,43-40+. The molecule has 0 spiro atoms. The largest absolute Gasteiger partial charge is 0.472 e. The molecule has 0 aliphatic heterocycles. The van der Waals surface area contributed by atoms with Crippen molar-refractivity contribution in [1.29, 1.82) is 0 Å². The number of allylic oxidation sites excluding steroid dienone is 5. The van der Waals surface area contributed by atoms with Crippen molar-refractivity contribution in [3.8, 4) is 0 Å². The molecule has 0 aliphatic carbocycles. The summed E-state index contributed by atoms with van der Waals surface area (Å²) in [5.74, 6) is -0.581. The van der Waals surface area contributed by atoms with Gasteiger partial charge in [-0.1, -0.05) is 205 Å². The van der Waals surface area contributed by atoms with E-state index in [4.69, 9.17) is 13.8 Å². The molecule has 0 aromatic carbocycles. The van der Waals surface area contributed by atoms with E-state index in [0.717, 1.165) is 51.4 Å². The SMILES string of the molecule is CCCCCCCC/C=C\C/C=C/CCC(=O)NC(COP(=O)(O)OCC[N+](C)(C)C)C(/C=C/CCCCCCCCCCCC)OC(=O)CCCCCCCCCCCCC. The normalized spacial score (nSPS) is 14.2. The maximum absolute atomic E-state index is 13.4. The van der Waals surface area contributed by atoms with Crippen molar-refractivity contribution in [3.63, 3.8) is 0 Å². The summed E-state index contributed by atoms with van der Waals surface area (Å²) < 4.78 is 30.4. The van der Waals surface area contributed by atoms with Crippen molar-refractivity contribution >= 4 is 19.7 Å². The molecule has 3 unspecified atom stereocenters. The summed E-state index contributed by atoms with van der Waals surface area (Å²) in [5.41, 5.74) is 0. The second-order valence-corrected chi connectivity index (χ2v) is 20.2. The van der Waals surface area contributed by atoms with Gasteiger partial charge in [0.2, 0.25) is 5.91 Å². The van der Waals surface area contributed by atoms with Crippen LogP contribution in [0.3, 0.4) is 0 Å². The topological polar surface area (TPSA) is 111 Å². The number of hydrogen-bond acceptors (Lipinski definition) is 6. The van der Waals surface area contributed by atoms with Crippen LogP contribution in [0.15, 0.2) is 36.5 Å². The number of ether oxygens (including phenoxy) is 1. The van der Waals surface area contributed by atoms with Gasteiger partial charge in [0.05, 0.1) is 33.8 Å². The first-order chi connectivity index (χ1) is 29.9. The number of nitrogens with zero attached hydrogens (tertiary/aromatic N) is 1. The molecule has 0 saturated carbocycles. The van der Waals surface area contributed by atoms with Crippen LogP contribution in [-0.4, -0.2) is 74.3 Å². The zero-order valence-electron chi connectivity index (χ0n) is 41.4. The van der Waals surface area contributed by atoms with Crippen molar-refractivity contribution in [2.75, 3.05) is 40.9 Å². The van der Waals surface area contributed by atoms with E-state index in [2.05, 4.69) is 44.3 Å². The summed E-state index contributed by atoms with van der Waals surface area (Å²) in [6, 6.07) is -0.871. The van der Waals surface area contributed by atoms with Crippen molar-refractivity contribution in [2.45, 2.75) is 245 Å².